The van der Waals surface area contributed by atoms with Gasteiger partial charge in [0.2, 0.25) is 0 Å². The van der Waals surface area contributed by atoms with Gasteiger partial charge in [0.05, 0.1) is 11.2 Å². The lowest BCUT2D eigenvalue weighted by molar-refractivity contribution is -0.00897. The van der Waals surface area contributed by atoms with E-state index in [1.54, 1.807) is 6.07 Å². The molecule has 0 unspecified atom stereocenters. The Balaban J connectivity index is 2.55. The maximum absolute atomic E-state index is 13.4. The van der Waals surface area contributed by atoms with E-state index in [1.165, 1.54) is 12.1 Å². The van der Waals surface area contributed by atoms with Crippen LogP contribution in [-0.2, 0) is 11.3 Å². The molecule has 0 amide bonds. The number of benzene rings is 1. The number of nitrogens with one attached hydrogen (secondary N) is 1. The Morgan fingerprint density at radius 1 is 1.47 bits per heavy atom. The van der Waals surface area contributed by atoms with Gasteiger partial charge in [-0.25, -0.2) is 9.18 Å². The van der Waals surface area contributed by atoms with Crippen LogP contribution in [0.2, 0.25) is 0 Å². The number of ether oxygens (including phenoxy) is 1. The van der Waals surface area contributed by atoms with Gasteiger partial charge in [0.25, 0.3) is 0 Å². The normalized spacial score (nSPS) is 11.6. The van der Waals surface area contributed by atoms with Crippen molar-refractivity contribution in [3.63, 3.8) is 0 Å². The Morgan fingerprint density at radius 3 is 2.68 bits per heavy atom. The lowest BCUT2D eigenvalue weighted by Gasteiger charge is -2.25. The molecule has 0 saturated carbocycles. The fourth-order valence-electron chi connectivity index (χ4n) is 1.79. The molecule has 2 N–H and O–H groups in total. The Kier molecular flexibility index (Phi) is 5.44. The molecule has 0 bridgehead atoms. The summed E-state index contributed by atoms with van der Waals surface area (Å²) in [6.07, 6.45) is 0. The van der Waals surface area contributed by atoms with Crippen LogP contribution in [0.25, 0.3) is 0 Å². The van der Waals surface area contributed by atoms with Crippen LogP contribution in [0.1, 0.15) is 36.7 Å². The lowest BCUT2D eigenvalue weighted by Crippen LogP contribution is -2.37. The standard InChI is InChI=1S/C14H20FNO3/c1-4-19-14(2,3)9-16-8-10-5-6-11(13(17)18)12(15)7-10/h5-7,16H,4,8-9H2,1-3H3,(H,17,18). The van der Waals surface area contributed by atoms with Gasteiger partial charge in [-0.1, -0.05) is 6.07 Å². The third-order valence-electron chi connectivity index (χ3n) is 2.68. The summed E-state index contributed by atoms with van der Waals surface area (Å²) < 4.78 is 19.0. The monoisotopic (exact) mass is 269 g/mol. The largest absolute Gasteiger partial charge is 0.478 e. The summed E-state index contributed by atoms with van der Waals surface area (Å²) in [4.78, 5) is 10.7. The van der Waals surface area contributed by atoms with E-state index in [1.807, 2.05) is 20.8 Å². The number of halogens is 1. The van der Waals surface area contributed by atoms with Crippen LogP contribution in [-0.4, -0.2) is 29.8 Å². The second-order valence-electron chi connectivity index (χ2n) is 4.92. The number of hydrogen-bond donors (Lipinski definition) is 2. The molecule has 0 aliphatic carbocycles. The molecule has 0 fully saturated rings. The van der Waals surface area contributed by atoms with Crippen molar-refractivity contribution in [2.24, 2.45) is 0 Å². The molecule has 0 spiro atoms. The van der Waals surface area contributed by atoms with Crippen LogP contribution in [0.4, 0.5) is 4.39 Å². The van der Waals surface area contributed by atoms with Crippen LogP contribution in [0.3, 0.4) is 0 Å². The predicted octanol–water partition coefficient (Wildman–Crippen LogP) is 2.43. The third kappa shape index (κ3) is 4.96. The Bertz CT molecular complexity index is 446. The van der Waals surface area contributed by atoms with Gasteiger partial charge in [-0.2, -0.15) is 0 Å². The number of carbonyl (C=O) groups is 1. The van der Waals surface area contributed by atoms with E-state index in [0.29, 0.717) is 25.3 Å². The smallest absolute Gasteiger partial charge is 0.338 e. The van der Waals surface area contributed by atoms with E-state index < -0.39 is 11.8 Å². The molecule has 1 aromatic rings. The highest BCUT2D eigenvalue weighted by molar-refractivity contribution is 5.87. The van der Waals surface area contributed by atoms with Crippen LogP contribution < -0.4 is 5.32 Å². The number of rotatable bonds is 7. The Labute approximate surface area is 112 Å². The number of carboxylic acids is 1. The molecular weight excluding hydrogens is 249 g/mol. The van der Waals surface area contributed by atoms with E-state index in [9.17, 15) is 9.18 Å². The van der Waals surface area contributed by atoms with E-state index in [-0.39, 0.29) is 11.2 Å². The first-order valence-corrected chi connectivity index (χ1v) is 6.22. The highest BCUT2D eigenvalue weighted by Gasteiger charge is 2.17. The molecule has 106 valence electrons. The quantitative estimate of drug-likeness (QED) is 0.798. The first-order chi connectivity index (χ1) is 8.85. The van der Waals surface area contributed by atoms with E-state index in [2.05, 4.69) is 5.32 Å². The molecule has 0 atom stereocenters. The topological polar surface area (TPSA) is 58.6 Å². The van der Waals surface area contributed by atoms with Crippen molar-refractivity contribution in [3.8, 4) is 0 Å². The number of carboxylic acid groups (broad SMARTS) is 1. The average Bonchev–Trinajstić information content (AvgIpc) is 2.28. The van der Waals surface area contributed by atoms with Crippen LogP contribution >= 0.6 is 0 Å². The van der Waals surface area contributed by atoms with Crippen molar-refractivity contribution in [1.29, 1.82) is 0 Å². The zero-order valence-corrected chi connectivity index (χ0v) is 11.5. The highest BCUT2D eigenvalue weighted by Crippen LogP contribution is 2.11. The molecular formula is C14H20FNO3. The summed E-state index contributed by atoms with van der Waals surface area (Å²) in [5.41, 5.74) is 0.113. The maximum Gasteiger partial charge on any atom is 0.338 e. The van der Waals surface area contributed by atoms with E-state index >= 15 is 0 Å². The average molecular weight is 269 g/mol. The van der Waals surface area contributed by atoms with E-state index in [4.69, 9.17) is 9.84 Å². The molecule has 1 aromatic carbocycles. The van der Waals surface area contributed by atoms with Gasteiger partial charge in [-0.3, -0.25) is 0 Å². The van der Waals surface area contributed by atoms with Gasteiger partial charge in [0, 0.05) is 19.7 Å². The zero-order valence-electron chi connectivity index (χ0n) is 11.5. The molecule has 4 nitrogen and oxygen atoms in total. The first-order valence-electron chi connectivity index (χ1n) is 6.22. The minimum atomic E-state index is -1.26. The maximum atomic E-state index is 13.4. The van der Waals surface area contributed by atoms with Crippen molar-refractivity contribution in [2.45, 2.75) is 32.9 Å². The molecule has 0 saturated heterocycles. The Morgan fingerprint density at radius 2 is 2.16 bits per heavy atom. The van der Waals surface area contributed by atoms with Gasteiger partial charge < -0.3 is 15.2 Å². The minimum Gasteiger partial charge on any atom is -0.478 e. The summed E-state index contributed by atoms with van der Waals surface area (Å²) in [5, 5.41) is 11.9. The third-order valence-corrected chi connectivity index (χ3v) is 2.68. The van der Waals surface area contributed by atoms with Crippen molar-refractivity contribution in [2.75, 3.05) is 13.2 Å². The zero-order chi connectivity index (χ0) is 14.5. The van der Waals surface area contributed by atoms with Crippen LogP contribution in [0.5, 0.6) is 0 Å². The molecule has 0 aliphatic rings. The number of aromatic carboxylic acids is 1. The number of hydrogen-bond acceptors (Lipinski definition) is 3. The van der Waals surface area contributed by atoms with Gasteiger partial charge >= 0.3 is 5.97 Å². The van der Waals surface area contributed by atoms with Crippen molar-refractivity contribution < 1.29 is 19.0 Å². The molecule has 0 radical (unpaired) electrons. The summed E-state index contributed by atoms with van der Waals surface area (Å²) in [6.45, 7) is 7.60. The van der Waals surface area contributed by atoms with Crippen LogP contribution in [0.15, 0.2) is 18.2 Å². The summed E-state index contributed by atoms with van der Waals surface area (Å²) in [7, 11) is 0. The predicted molar refractivity (Wildman–Crippen MR) is 70.8 cm³/mol. The van der Waals surface area contributed by atoms with Crippen molar-refractivity contribution in [3.05, 3.63) is 35.1 Å². The summed E-state index contributed by atoms with van der Waals surface area (Å²) in [6, 6.07) is 4.12. The van der Waals surface area contributed by atoms with Gasteiger partial charge in [0.15, 0.2) is 0 Å². The van der Waals surface area contributed by atoms with Crippen molar-refractivity contribution >= 4 is 5.97 Å². The fourth-order valence-corrected chi connectivity index (χ4v) is 1.79. The summed E-state index contributed by atoms with van der Waals surface area (Å²) in [5.74, 6) is -1.97. The Hall–Kier alpha value is -1.46. The summed E-state index contributed by atoms with van der Waals surface area (Å²) >= 11 is 0. The lowest BCUT2D eigenvalue weighted by atomic mass is 10.1. The first kappa shape index (κ1) is 15.6. The molecule has 5 heteroatoms. The SMILES string of the molecule is CCOC(C)(C)CNCc1ccc(C(=O)O)c(F)c1. The van der Waals surface area contributed by atoms with Crippen LogP contribution in [0, 0.1) is 5.82 Å². The van der Waals surface area contributed by atoms with E-state index in [0.717, 1.165) is 0 Å². The highest BCUT2D eigenvalue weighted by atomic mass is 19.1. The molecule has 0 aromatic heterocycles. The molecule has 1 rings (SSSR count). The van der Waals surface area contributed by atoms with Gasteiger partial charge in [-0.05, 0) is 38.5 Å². The second-order valence-corrected chi connectivity index (χ2v) is 4.92. The fraction of sp³-hybridized carbons (Fsp3) is 0.500. The molecule has 19 heavy (non-hydrogen) atoms. The molecule has 0 heterocycles. The van der Waals surface area contributed by atoms with Crippen molar-refractivity contribution in [1.82, 2.24) is 5.32 Å². The van der Waals surface area contributed by atoms with Gasteiger partial charge in [0.1, 0.15) is 5.82 Å². The second kappa shape index (κ2) is 6.63. The minimum absolute atomic E-state index is 0.283. The molecule has 0 aliphatic heterocycles. The van der Waals surface area contributed by atoms with Gasteiger partial charge in [-0.15, -0.1) is 0 Å².